The summed E-state index contributed by atoms with van der Waals surface area (Å²) in [5.41, 5.74) is 0.595. The van der Waals surface area contributed by atoms with Gasteiger partial charge in [-0.05, 0) is 50.6 Å². The van der Waals surface area contributed by atoms with Crippen molar-refractivity contribution in [3.05, 3.63) is 65.7 Å². The normalized spacial score (nSPS) is 10.8. The third-order valence-electron chi connectivity index (χ3n) is 4.09. The fourth-order valence-electron chi connectivity index (χ4n) is 2.29. The summed E-state index contributed by atoms with van der Waals surface area (Å²) in [6.07, 6.45) is 0. The Morgan fingerprint density at radius 3 is 2.15 bits per heavy atom. The lowest BCUT2D eigenvalue weighted by Gasteiger charge is -2.23. The molecule has 2 aromatic rings. The maximum Gasteiger partial charge on any atom is 0.338 e. The van der Waals surface area contributed by atoms with E-state index in [2.05, 4.69) is 10.6 Å². The molecule has 2 aromatic carbocycles. The van der Waals surface area contributed by atoms with Gasteiger partial charge in [0.05, 0.1) is 12.2 Å². The van der Waals surface area contributed by atoms with Crippen LogP contribution in [0.3, 0.4) is 0 Å². The standard InChI is InChI=1S/C21H24N2O4/c1-4-27-18(24)16-10-12-17(13-11-16)23-20(26)21(2,3)19(25)22-14-15-8-6-5-7-9-15/h5-13H,4,14H2,1-3H3,(H,22,25)(H,23,26). The van der Waals surface area contributed by atoms with Crippen molar-refractivity contribution in [3.63, 3.8) is 0 Å². The maximum atomic E-state index is 12.5. The van der Waals surface area contributed by atoms with E-state index in [9.17, 15) is 14.4 Å². The van der Waals surface area contributed by atoms with Crippen LogP contribution in [0.1, 0.15) is 36.7 Å². The van der Waals surface area contributed by atoms with Crippen LogP contribution in [-0.2, 0) is 20.9 Å². The molecule has 0 atom stereocenters. The van der Waals surface area contributed by atoms with Gasteiger partial charge in [0.1, 0.15) is 5.41 Å². The Kier molecular flexibility index (Phi) is 6.71. The molecule has 6 nitrogen and oxygen atoms in total. The fraction of sp³-hybridized carbons (Fsp3) is 0.286. The highest BCUT2D eigenvalue weighted by Crippen LogP contribution is 2.20. The molecule has 0 heterocycles. The second kappa shape index (κ2) is 8.98. The molecule has 2 rings (SSSR count). The molecule has 0 aliphatic carbocycles. The third kappa shape index (κ3) is 5.41. The zero-order valence-electron chi connectivity index (χ0n) is 15.7. The summed E-state index contributed by atoms with van der Waals surface area (Å²) in [4.78, 5) is 36.6. The van der Waals surface area contributed by atoms with Gasteiger partial charge >= 0.3 is 5.97 Å². The molecule has 27 heavy (non-hydrogen) atoms. The SMILES string of the molecule is CCOC(=O)c1ccc(NC(=O)C(C)(C)C(=O)NCc2ccccc2)cc1. The highest BCUT2D eigenvalue weighted by molar-refractivity contribution is 6.09. The zero-order chi connectivity index (χ0) is 19.9. The van der Waals surface area contributed by atoms with E-state index in [1.54, 1.807) is 45.0 Å². The van der Waals surface area contributed by atoms with E-state index in [-0.39, 0.29) is 5.91 Å². The molecule has 0 unspecified atom stereocenters. The van der Waals surface area contributed by atoms with Gasteiger partial charge in [-0.25, -0.2) is 4.79 Å². The average Bonchev–Trinajstić information content (AvgIpc) is 2.67. The van der Waals surface area contributed by atoms with Gasteiger partial charge < -0.3 is 15.4 Å². The fourth-order valence-corrected chi connectivity index (χ4v) is 2.29. The second-order valence-corrected chi connectivity index (χ2v) is 6.55. The molecule has 0 bridgehead atoms. The van der Waals surface area contributed by atoms with Crippen molar-refractivity contribution in [1.29, 1.82) is 0 Å². The van der Waals surface area contributed by atoms with Crippen LogP contribution in [0.25, 0.3) is 0 Å². The summed E-state index contributed by atoms with van der Waals surface area (Å²) in [5.74, 6) is -1.22. The highest BCUT2D eigenvalue weighted by Gasteiger charge is 2.35. The Morgan fingerprint density at radius 2 is 1.56 bits per heavy atom. The number of nitrogens with one attached hydrogen (secondary N) is 2. The summed E-state index contributed by atoms with van der Waals surface area (Å²) in [7, 11) is 0. The molecule has 0 spiro atoms. The Bertz CT molecular complexity index is 799. The first-order valence-electron chi connectivity index (χ1n) is 8.75. The first-order valence-corrected chi connectivity index (χ1v) is 8.75. The lowest BCUT2D eigenvalue weighted by atomic mass is 9.90. The number of hydrogen-bond donors (Lipinski definition) is 2. The summed E-state index contributed by atoms with van der Waals surface area (Å²) < 4.78 is 4.92. The summed E-state index contributed by atoms with van der Waals surface area (Å²) in [6, 6.07) is 15.8. The number of hydrogen-bond acceptors (Lipinski definition) is 4. The number of carbonyl (C=O) groups excluding carboxylic acids is 3. The van der Waals surface area contributed by atoms with Gasteiger partial charge in [0.25, 0.3) is 0 Å². The average molecular weight is 368 g/mol. The first-order chi connectivity index (χ1) is 12.8. The lowest BCUT2D eigenvalue weighted by molar-refractivity contribution is -0.138. The van der Waals surface area contributed by atoms with Crippen LogP contribution in [0, 0.1) is 5.41 Å². The molecule has 0 radical (unpaired) electrons. The van der Waals surface area contributed by atoms with Gasteiger partial charge in [0.15, 0.2) is 0 Å². The van der Waals surface area contributed by atoms with Crippen LogP contribution in [-0.4, -0.2) is 24.4 Å². The van der Waals surface area contributed by atoms with E-state index >= 15 is 0 Å². The monoisotopic (exact) mass is 368 g/mol. The third-order valence-corrected chi connectivity index (χ3v) is 4.09. The number of amides is 2. The Labute approximate surface area is 158 Å². The topological polar surface area (TPSA) is 84.5 Å². The van der Waals surface area contributed by atoms with Crippen LogP contribution in [0.5, 0.6) is 0 Å². The van der Waals surface area contributed by atoms with Gasteiger partial charge in [-0.15, -0.1) is 0 Å². The molecule has 0 fully saturated rings. The summed E-state index contributed by atoms with van der Waals surface area (Å²) >= 11 is 0. The van der Waals surface area contributed by atoms with Gasteiger partial charge in [-0.3, -0.25) is 9.59 Å². The van der Waals surface area contributed by atoms with E-state index in [0.717, 1.165) is 5.56 Å². The molecular weight excluding hydrogens is 344 g/mol. The Balaban J connectivity index is 1.96. The molecule has 0 aliphatic rings. The van der Waals surface area contributed by atoms with Gasteiger partial charge in [0.2, 0.25) is 11.8 Å². The largest absolute Gasteiger partial charge is 0.462 e. The predicted molar refractivity (Wildman–Crippen MR) is 103 cm³/mol. The molecular formula is C21H24N2O4. The minimum absolute atomic E-state index is 0.295. The highest BCUT2D eigenvalue weighted by atomic mass is 16.5. The van der Waals surface area contributed by atoms with E-state index in [4.69, 9.17) is 4.74 Å². The quantitative estimate of drug-likeness (QED) is 0.581. The molecule has 0 aromatic heterocycles. The Hall–Kier alpha value is -3.15. The molecule has 0 aliphatic heterocycles. The van der Waals surface area contributed by atoms with Crippen molar-refractivity contribution in [3.8, 4) is 0 Å². The minimum Gasteiger partial charge on any atom is -0.462 e. The number of anilines is 1. The van der Waals surface area contributed by atoms with Gasteiger partial charge in [0, 0.05) is 12.2 Å². The van der Waals surface area contributed by atoms with Crippen molar-refractivity contribution in [1.82, 2.24) is 5.32 Å². The number of carbonyl (C=O) groups is 3. The van der Waals surface area contributed by atoms with Crippen molar-refractivity contribution >= 4 is 23.5 Å². The maximum absolute atomic E-state index is 12.5. The summed E-state index contributed by atoms with van der Waals surface area (Å²) in [5, 5.41) is 5.49. The van der Waals surface area contributed by atoms with Gasteiger partial charge in [-0.1, -0.05) is 30.3 Å². The van der Waals surface area contributed by atoms with Gasteiger partial charge in [-0.2, -0.15) is 0 Å². The van der Waals surface area contributed by atoms with Crippen molar-refractivity contribution in [2.24, 2.45) is 5.41 Å². The van der Waals surface area contributed by atoms with Crippen LogP contribution >= 0.6 is 0 Å². The van der Waals surface area contributed by atoms with E-state index in [0.29, 0.717) is 24.4 Å². The minimum atomic E-state index is -1.26. The van der Waals surface area contributed by atoms with Crippen LogP contribution in [0.4, 0.5) is 5.69 Å². The molecule has 0 saturated carbocycles. The molecule has 2 N–H and O–H groups in total. The van der Waals surface area contributed by atoms with E-state index < -0.39 is 17.3 Å². The summed E-state index contributed by atoms with van der Waals surface area (Å²) in [6.45, 7) is 5.51. The number of rotatable bonds is 7. The van der Waals surface area contributed by atoms with Crippen LogP contribution in [0.2, 0.25) is 0 Å². The zero-order valence-corrected chi connectivity index (χ0v) is 15.7. The number of ether oxygens (including phenoxy) is 1. The molecule has 6 heteroatoms. The number of esters is 1. The van der Waals surface area contributed by atoms with Crippen molar-refractivity contribution in [2.75, 3.05) is 11.9 Å². The Morgan fingerprint density at radius 1 is 0.926 bits per heavy atom. The number of benzene rings is 2. The van der Waals surface area contributed by atoms with E-state index in [1.807, 2.05) is 30.3 Å². The molecule has 142 valence electrons. The first kappa shape index (κ1) is 20.2. The lowest BCUT2D eigenvalue weighted by Crippen LogP contribution is -2.44. The van der Waals surface area contributed by atoms with Crippen LogP contribution < -0.4 is 10.6 Å². The molecule has 0 saturated heterocycles. The van der Waals surface area contributed by atoms with Crippen LogP contribution in [0.15, 0.2) is 54.6 Å². The van der Waals surface area contributed by atoms with Crippen molar-refractivity contribution in [2.45, 2.75) is 27.3 Å². The second-order valence-electron chi connectivity index (χ2n) is 6.55. The smallest absolute Gasteiger partial charge is 0.338 e. The van der Waals surface area contributed by atoms with E-state index in [1.165, 1.54) is 0 Å². The van der Waals surface area contributed by atoms with Crippen molar-refractivity contribution < 1.29 is 19.1 Å². The molecule has 2 amide bonds. The predicted octanol–water partition coefficient (Wildman–Crippen LogP) is 3.14.